The monoisotopic (exact) mass is 379 g/mol. The maximum atomic E-state index is 12.7. The van der Waals surface area contributed by atoms with Crippen LogP contribution in [0.5, 0.6) is 0 Å². The Hall–Kier alpha value is -1.95. The van der Waals surface area contributed by atoms with E-state index in [4.69, 9.17) is 9.47 Å². The van der Waals surface area contributed by atoms with Crippen molar-refractivity contribution in [1.29, 1.82) is 0 Å². The Labute approximate surface area is 143 Å². The number of carbonyl (C=O) groups is 2. The normalized spacial score (nSPS) is 11.3. The molecule has 0 aliphatic carbocycles. The lowest BCUT2D eigenvalue weighted by atomic mass is 10.0. The predicted molar refractivity (Wildman–Crippen MR) is 90.6 cm³/mol. The fourth-order valence-corrected chi connectivity index (χ4v) is 2.66. The molecular weight excluding hydrogens is 362 g/mol. The minimum absolute atomic E-state index is 0.0831. The van der Waals surface area contributed by atoms with Gasteiger partial charge in [0.1, 0.15) is 15.8 Å². The molecule has 0 saturated heterocycles. The topological polar surface area (TPSA) is 65.5 Å². The molecule has 0 fully saturated rings. The number of pyridine rings is 1. The van der Waals surface area contributed by atoms with Crippen molar-refractivity contribution in [1.82, 2.24) is 4.98 Å². The molecule has 122 valence electrons. The summed E-state index contributed by atoms with van der Waals surface area (Å²) in [6, 6.07) is 7.09. The second-order valence-corrected chi connectivity index (χ2v) is 6.64. The van der Waals surface area contributed by atoms with E-state index in [0.717, 1.165) is 0 Å². The van der Waals surface area contributed by atoms with Gasteiger partial charge in [0.2, 0.25) is 0 Å². The van der Waals surface area contributed by atoms with Gasteiger partial charge >= 0.3 is 11.9 Å². The highest BCUT2D eigenvalue weighted by molar-refractivity contribution is 9.10. The van der Waals surface area contributed by atoms with Crippen LogP contribution in [0.2, 0.25) is 0 Å². The van der Waals surface area contributed by atoms with Crippen LogP contribution in [-0.2, 0) is 9.47 Å². The van der Waals surface area contributed by atoms with Gasteiger partial charge in [0, 0.05) is 5.39 Å². The Bertz CT molecular complexity index is 765. The summed E-state index contributed by atoms with van der Waals surface area (Å²) in [7, 11) is 0. The largest absolute Gasteiger partial charge is 0.462 e. The van der Waals surface area contributed by atoms with Crippen LogP contribution in [0, 0.1) is 0 Å². The highest BCUT2D eigenvalue weighted by Gasteiger charge is 2.29. The van der Waals surface area contributed by atoms with Crippen LogP contribution in [0.15, 0.2) is 28.9 Å². The molecular formula is C17H18BrNO4. The summed E-state index contributed by atoms with van der Waals surface area (Å²) < 4.78 is 10.8. The Morgan fingerprint density at radius 3 is 2.39 bits per heavy atom. The predicted octanol–water partition coefficient (Wildman–Crippen LogP) is 4.13. The average molecular weight is 380 g/mol. The summed E-state index contributed by atoms with van der Waals surface area (Å²) in [5.74, 6) is -1.20. The van der Waals surface area contributed by atoms with Crippen molar-refractivity contribution in [2.24, 2.45) is 0 Å². The van der Waals surface area contributed by atoms with Gasteiger partial charge in [-0.25, -0.2) is 14.6 Å². The van der Waals surface area contributed by atoms with Gasteiger partial charge in [-0.2, -0.15) is 0 Å². The fraction of sp³-hybridized carbons (Fsp3) is 0.353. The molecule has 0 aliphatic rings. The molecule has 1 aromatic carbocycles. The number of ether oxygens (including phenoxy) is 2. The highest BCUT2D eigenvalue weighted by atomic mass is 79.9. The van der Waals surface area contributed by atoms with Gasteiger partial charge < -0.3 is 9.47 Å². The zero-order chi connectivity index (χ0) is 17.2. The SMILES string of the molecule is CCOC(=O)c1c(Br)nc2ccccc2c1C(=O)OC(C)(C)C. The molecule has 0 amide bonds. The molecule has 2 rings (SSSR count). The van der Waals surface area contributed by atoms with E-state index in [9.17, 15) is 9.59 Å². The van der Waals surface area contributed by atoms with E-state index < -0.39 is 17.5 Å². The van der Waals surface area contributed by atoms with Gasteiger partial charge in [-0.15, -0.1) is 0 Å². The summed E-state index contributed by atoms with van der Waals surface area (Å²) in [6.45, 7) is 7.22. The number of para-hydroxylation sites is 1. The second kappa shape index (κ2) is 6.66. The average Bonchev–Trinajstić information content (AvgIpc) is 2.44. The van der Waals surface area contributed by atoms with Crippen molar-refractivity contribution < 1.29 is 19.1 Å². The first-order valence-corrected chi connectivity index (χ1v) is 8.02. The summed E-state index contributed by atoms with van der Waals surface area (Å²) >= 11 is 3.27. The molecule has 2 aromatic rings. The van der Waals surface area contributed by atoms with E-state index in [1.54, 1.807) is 45.9 Å². The molecule has 0 saturated carbocycles. The summed E-state index contributed by atoms with van der Waals surface area (Å²) in [5, 5.41) is 0.549. The molecule has 0 aliphatic heterocycles. The number of fused-ring (bicyclic) bond motifs is 1. The number of esters is 2. The zero-order valence-corrected chi connectivity index (χ0v) is 15.1. The van der Waals surface area contributed by atoms with Gasteiger partial charge in [-0.05, 0) is 49.7 Å². The third kappa shape index (κ3) is 3.88. The first kappa shape index (κ1) is 17.4. The van der Waals surface area contributed by atoms with Crippen molar-refractivity contribution in [3.05, 3.63) is 40.0 Å². The van der Waals surface area contributed by atoms with Crippen LogP contribution < -0.4 is 0 Å². The minimum Gasteiger partial charge on any atom is -0.462 e. The number of halogens is 1. The molecule has 6 heteroatoms. The lowest BCUT2D eigenvalue weighted by molar-refractivity contribution is 0.00665. The van der Waals surface area contributed by atoms with Crippen molar-refractivity contribution in [2.45, 2.75) is 33.3 Å². The first-order chi connectivity index (χ1) is 10.7. The molecule has 1 aromatic heterocycles. The van der Waals surface area contributed by atoms with Gasteiger partial charge in [0.25, 0.3) is 0 Å². The number of hydrogen-bond acceptors (Lipinski definition) is 5. The third-order valence-corrected chi connectivity index (χ3v) is 3.50. The maximum absolute atomic E-state index is 12.7. The standard InChI is InChI=1S/C17H18BrNO4/c1-5-22-15(20)13-12(16(21)23-17(2,3)4)10-8-6-7-9-11(10)19-14(13)18/h6-9H,5H2,1-4H3. The van der Waals surface area contributed by atoms with Gasteiger partial charge in [-0.1, -0.05) is 18.2 Å². The Morgan fingerprint density at radius 2 is 1.78 bits per heavy atom. The van der Waals surface area contributed by atoms with Gasteiger partial charge in [0.15, 0.2) is 0 Å². The van der Waals surface area contributed by atoms with E-state index in [-0.39, 0.29) is 22.3 Å². The third-order valence-electron chi connectivity index (χ3n) is 2.93. The Balaban J connectivity index is 2.73. The fourth-order valence-electron chi connectivity index (χ4n) is 2.11. The molecule has 0 radical (unpaired) electrons. The van der Waals surface area contributed by atoms with Crippen molar-refractivity contribution in [2.75, 3.05) is 6.61 Å². The van der Waals surface area contributed by atoms with Gasteiger partial charge in [0.05, 0.1) is 17.7 Å². The summed E-state index contributed by atoms with van der Waals surface area (Å²) in [4.78, 5) is 29.3. The highest BCUT2D eigenvalue weighted by Crippen LogP contribution is 2.29. The minimum atomic E-state index is -0.681. The Morgan fingerprint density at radius 1 is 1.13 bits per heavy atom. The van der Waals surface area contributed by atoms with E-state index in [0.29, 0.717) is 10.9 Å². The first-order valence-electron chi connectivity index (χ1n) is 7.23. The second-order valence-electron chi connectivity index (χ2n) is 5.89. The van der Waals surface area contributed by atoms with Crippen LogP contribution in [0.1, 0.15) is 48.4 Å². The van der Waals surface area contributed by atoms with Crippen LogP contribution >= 0.6 is 15.9 Å². The molecule has 0 atom stereocenters. The number of benzene rings is 1. The quantitative estimate of drug-likeness (QED) is 0.592. The maximum Gasteiger partial charge on any atom is 0.341 e. The number of nitrogens with zero attached hydrogens (tertiary/aromatic N) is 1. The van der Waals surface area contributed by atoms with Crippen LogP contribution in [0.25, 0.3) is 10.9 Å². The molecule has 0 spiro atoms. The molecule has 0 unspecified atom stereocenters. The van der Waals surface area contributed by atoms with Crippen LogP contribution in [0.4, 0.5) is 0 Å². The smallest absolute Gasteiger partial charge is 0.341 e. The molecule has 1 heterocycles. The summed E-state index contributed by atoms with van der Waals surface area (Å²) in [6.07, 6.45) is 0. The van der Waals surface area contributed by atoms with E-state index in [1.807, 2.05) is 6.07 Å². The van der Waals surface area contributed by atoms with Crippen LogP contribution in [0.3, 0.4) is 0 Å². The van der Waals surface area contributed by atoms with Crippen molar-refractivity contribution >= 4 is 38.8 Å². The lowest BCUT2D eigenvalue weighted by Crippen LogP contribution is -2.26. The van der Waals surface area contributed by atoms with E-state index in [1.165, 1.54) is 0 Å². The Kier molecular flexibility index (Phi) is 5.04. The van der Waals surface area contributed by atoms with Crippen LogP contribution in [-0.4, -0.2) is 29.1 Å². The molecule has 0 bridgehead atoms. The number of carbonyl (C=O) groups excluding carboxylic acids is 2. The van der Waals surface area contributed by atoms with Crippen molar-refractivity contribution in [3.63, 3.8) is 0 Å². The number of hydrogen-bond donors (Lipinski definition) is 0. The van der Waals surface area contributed by atoms with Crippen molar-refractivity contribution in [3.8, 4) is 0 Å². The number of aromatic nitrogens is 1. The van der Waals surface area contributed by atoms with E-state index >= 15 is 0 Å². The molecule has 23 heavy (non-hydrogen) atoms. The summed E-state index contributed by atoms with van der Waals surface area (Å²) in [5.41, 5.74) is 0.156. The molecule has 5 nitrogen and oxygen atoms in total. The van der Waals surface area contributed by atoms with E-state index in [2.05, 4.69) is 20.9 Å². The zero-order valence-electron chi connectivity index (χ0n) is 13.5. The molecule has 0 N–H and O–H groups in total. The lowest BCUT2D eigenvalue weighted by Gasteiger charge is -2.21. The number of rotatable bonds is 3. The van der Waals surface area contributed by atoms with Gasteiger partial charge in [-0.3, -0.25) is 0 Å².